The van der Waals surface area contributed by atoms with Crippen LogP contribution in [-0.2, 0) is 0 Å². The van der Waals surface area contributed by atoms with Crippen molar-refractivity contribution < 1.29 is 0 Å². The summed E-state index contributed by atoms with van der Waals surface area (Å²) < 4.78 is 0. The minimum atomic E-state index is -0.224. The van der Waals surface area contributed by atoms with Crippen LogP contribution < -0.4 is 5.32 Å². The molecule has 8 nitrogen and oxygen atoms in total. The first-order valence-corrected chi connectivity index (χ1v) is 27.4. The van der Waals surface area contributed by atoms with Gasteiger partial charge in [0.2, 0.25) is 0 Å². The molecule has 7 aromatic heterocycles. The molecule has 3 aliphatic heterocycles. The lowest BCUT2D eigenvalue weighted by Crippen LogP contribution is -2.27. The molecule has 0 fully saturated rings. The molecule has 1 atom stereocenters. The van der Waals surface area contributed by atoms with E-state index in [2.05, 4.69) is 239 Å². The molecule has 0 radical (unpaired) electrons. The van der Waals surface area contributed by atoms with Gasteiger partial charge in [-0.1, -0.05) is 158 Å². The normalized spacial score (nSPS) is 15.5. The summed E-state index contributed by atoms with van der Waals surface area (Å²) in [6, 6.07) is 70.9. The zero-order valence-electron chi connectivity index (χ0n) is 42.7. The number of allylic oxidation sites excluding steroid dienone is 3. The van der Waals surface area contributed by atoms with Crippen molar-refractivity contribution in [2.75, 3.05) is 0 Å². The molecule has 19 rings (SSSR count). The third kappa shape index (κ3) is 5.93. The highest BCUT2D eigenvalue weighted by molar-refractivity contribution is 6.11. The molecule has 0 saturated heterocycles. The predicted octanol–water partition coefficient (Wildman–Crippen LogP) is 16.7. The second kappa shape index (κ2) is 15.5. The Bertz CT molecular complexity index is 5340. The molecule has 1 unspecified atom stereocenters. The lowest BCUT2D eigenvalue weighted by Gasteiger charge is -2.22. The van der Waals surface area contributed by atoms with Crippen LogP contribution >= 0.6 is 0 Å². The van der Waals surface area contributed by atoms with Crippen molar-refractivity contribution in [1.29, 1.82) is 0 Å². The Morgan fingerprint density at radius 2 is 0.850 bits per heavy atom. The van der Waals surface area contributed by atoms with Gasteiger partial charge >= 0.3 is 0 Å². The topological polar surface area (TPSA) is 111 Å². The van der Waals surface area contributed by atoms with Crippen LogP contribution in [0.5, 0.6) is 0 Å². The predicted molar refractivity (Wildman–Crippen MR) is 327 cm³/mol. The van der Waals surface area contributed by atoms with E-state index in [9.17, 15) is 0 Å². The second-order valence-electron chi connectivity index (χ2n) is 22.0. The van der Waals surface area contributed by atoms with Crippen LogP contribution in [0.3, 0.4) is 0 Å². The van der Waals surface area contributed by atoms with Gasteiger partial charge in [0.15, 0.2) is 0 Å². The van der Waals surface area contributed by atoms with E-state index in [0.717, 1.165) is 166 Å². The van der Waals surface area contributed by atoms with Crippen molar-refractivity contribution in [2.45, 2.75) is 12.0 Å². The minimum Gasteiger partial charge on any atom is -0.373 e. The first-order valence-electron chi connectivity index (χ1n) is 27.4. The molecule has 4 N–H and O–H groups in total. The van der Waals surface area contributed by atoms with Crippen LogP contribution in [0.1, 0.15) is 39.8 Å². The molecule has 1 aliphatic carbocycles. The molecule has 8 heteroatoms. The van der Waals surface area contributed by atoms with Crippen molar-refractivity contribution in [3.05, 3.63) is 264 Å². The lowest BCUT2D eigenvalue weighted by atomic mass is 9.86. The first kappa shape index (κ1) is 42.4. The van der Waals surface area contributed by atoms with Gasteiger partial charge in [0.1, 0.15) is 0 Å². The van der Waals surface area contributed by atoms with Crippen molar-refractivity contribution in [3.8, 4) is 33.8 Å². The van der Waals surface area contributed by atoms with Crippen LogP contribution in [0.2, 0.25) is 0 Å². The Hall–Kier alpha value is -10.7. The maximum Gasteiger partial charge on any atom is 0.0972 e. The summed E-state index contributed by atoms with van der Waals surface area (Å²) >= 11 is 0. The zero-order chi connectivity index (χ0) is 51.9. The van der Waals surface area contributed by atoms with Crippen molar-refractivity contribution in [1.82, 2.24) is 40.2 Å². The number of pyridine rings is 4. The monoisotopic (exact) mass is 1020 g/mol. The highest BCUT2D eigenvalue weighted by Crippen LogP contribution is 2.46. The van der Waals surface area contributed by atoms with Gasteiger partial charge < -0.3 is 20.3 Å². The number of fused-ring (bicyclic) bond motifs is 14. The minimum absolute atomic E-state index is 0.110. The molecule has 15 aromatic rings. The van der Waals surface area contributed by atoms with E-state index in [-0.39, 0.29) is 12.0 Å². The van der Waals surface area contributed by atoms with Gasteiger partial charge in [-0.3, -0.25) is 0 Å². The number of rotatable bonds is 2. The number of hydrogen-bond acceptors (Lipinski definition) is 5. The van der Waals surface area contributed by atoms with Crippen LogP contribution in [0.15, 0.2) is 230 Å². The molecule has 4 aliphatic rings. The zero-order valence-corrected chi connectivity index (χ0v) is 42.7. The largest absolute Gasteiger partial charge is 0.373 e. The number of nitrogens with zero attached hydrogens (tertiary/aromatic N) is 4. The van der Waals surface area contributed by atoms with E-state index >= 15 is 0 Å². The number of benzene rings is 8. The SMILES string of the molecule is C1=CC2=CC3=C(c4cccc5cc6cccc(C7c8cc9cccc(c9[nH]8)-c8ccc9ccc%10ccc(nc%10c9n8)-c8cccc9cc7[nH]c89)c6cc45)c4cc5cccc(c5[nH]4)-c4ccc5ccc6ccc(nc6c5n4)C(=C1)C2N3. The maximum absolute atomic E-state index is 5.43. The quantitative estimate of drug-likeness (QED) is 0.102. The van der Waals surface area contributed by atoms with Crippen molar-refractivity contribution >= 4 is 109 Å². The Morgan fingerprint density at radius 3 is 1.44 bits per heavy atom. The summed E-state index contributed by atoms with van der Waals surface area (Å²) in [5, 5.41) is 16.4. The fraction of sp³-hybridized carbons (Fsp3) is 0.0278. The molecular weight excluding hydrogens is 977 g/mol. The second-order valence-corrected chi connectivity index (χ2v) is 22.0. The molecule has 0 saturated carbocycles. The summed E-state index contributed by atoms with van der Waals surface area (Å²) in [6.45, 7) is 0. The van der Waals surface area contributed by atoms with Gasteiger partial charge in [0, 0.05) is 88.3 Å². The smallest absolute Gasteiger partial charge is 0.0972 e. The summed E-state index contributed by atoms with van der Waals surface area (Å²) in [5.41, 5.74) is 23.5. The highest BCUT2D eigenvalue weighted by atomic mass is 15.0. The Kier molecular flexibility index (Phi) is 8.22. The summed E-state index contributed by atoms with van der Waals surface area (Å²) in [4.78, 5) is 33.8. The number of H-pyrrole nitrogens is 3. The van der Waals surface area contributed by atoms with Crippen molar-refractivity contribution in [3.63, 3.8) is 0 Å². The van der Waals surface area contributed by atoms with E-state index in [1.54, 1.807) is 0 Å². The number of hydrogen-bond donors (Lipinski definition) is 4. The van der Waals surface area contributed by atoms with Crippen molar-refractivity contribution in [2.24, 2.45) is 0 Å². The van der Waals surface area contributed by atoms with Gasteiger partial charge in [-0.25, -0.2) is 19.9 Å². The number of aromatic nitrogens is 7. The lowest BCUT2D eigenvalue weighted by molar-refractivity contribution is 0.834. The van der Waals surface area contributed by atoms with E-state index in [4.69, 9.17) is 19.9 Å². The standard InChI is InChI=1S/C72H42N8/c1-7-41-31-42-8-2-14-48(64-61-34-45-11-5-17-51(67(45)79-61)57-29-25-39-21-22-40-26-30-58(76-72(40)71(39)75-57)52-18-6-12-46-35-62(64)80-68(46)52)54(42)36-53(41)47(13-1)63-59-32-43-9-3-15-49(65(43)77-59)55-27-23-37-19-20-38-24-28-56(74-70(38)69(37)73-55)50-16-4-10-44-33-60(63)78-66(44)50/h1-36,63,67,77-80H. The highest BCUT2D eigenvalue weighted by Gasteiger charge is 2.32. The van der Waals surface area contributed by atoms with Crippen LogP contribution in [0.4, 0.5) is 0 Å². The summed E-state index contributed by atoms with van der Waals surface area (Å²) in [7, 11) is 0. The Balaban J connectivity index is 0.861. The number of nitrogens with one attached hydrogen (secondary N) is 4. The molecule has 80 heavy (non-hydrogen) atoms. The molecule has 8 aromatic carbocycles. The van der Waals surface area contributed by atoms with Gasteiger partial charge in [0.05, 0.1) is 73.4 Å². The molecule has 10 heterocycles. The van der Waals surface area contributed by atoms with E-state index in [1.165, 1.54) is 21.9 Å². The van der Waals surface area contributed by atoms with Gasteiger partial charge in [-0.15, -0.1) is 0 Å². The number of para-hydroxylation sites is 3. The van der Waals surface area contributed by atoms with Gasteiger partial charge in [-0.2, -0.15) is 0 Å². The third-order valence-electron chi connectivity index (χ3n) is 17.6. The average Bonchev–Trinajstić information content (AvgIpc) is 4.35. The summed E-state index contributed by atoms with van der Waals surface area (Å²) in [6.07, 6.45) is 8.97. The van der Waals surface area contributed by atoms with Crippen LogP contribution in [0, 0.1) is 0 Å². The first-order chi connectivity index (χ1) is 39.6. The Labute approximate surface area is 456 Å². The fourth-order valence-corrected chi connectivity index (χ4v) is 13.9. The van der Waals surface area contributed by atoms with Gasteiger partial charge in [0.25, 0.3) is 0 Å². The molecule has 0 amide bonds. The van der Waals surface area contributed by atoms with E-state index in [1.807, 2.05) is 0 Å². The molecule has 370 valence electrons. The van der Waals surface area contributed by atoms with E-state index < -0.39 is 0 Å². The number of aromatic amines is 3. The molecule has 16 bridgehead atoms. The Morgan fingerprint density at radius 1 is 0.375 bits per heavy atom. The van der Waals surface area contributed by atoms with E-state index in [0.29, 0.717) is 0 Å². The fourth-order valence-electron chi connectivity index (χ4n) is 13.9. The maximum atomic E-state index is 5.43. The molecular formula is C72H42N8. The molecule has 0 spiro atoms. The van der Waals surface area contributed by atoms with Crippen LogP contribution in [0.25, 0.3) is 143 Å². The van der Waals surface area contributed by atoms with Crippen LogP contribution in [-0.4, -0.2) is 40.9 Å². The summed E-state index contributed by atoms with van der Waals surface area (Å²) in [5.74, 6) is -0.224. The average molecular weight is 1020 g/mol. The third-order valence-corrected chi connectivity index (χ3v) is 17.6. The van der Waals surface area contributed by atoms with Gasteiger partial charge in [-0.05, 0) is 98.9 Å².